The highest BCUT2D eigenvalue weighted by Crippen LogP contribution is 2.21. The van der Waals surface area contributed by atoms with Crippen LogP contribution in [0.5, 0.6) is 0 Å². The molecule has 0 radical (unpaired) electrons. The number of carbonyl (C=O) groups excluding carboxylic acids is 1. The van der Waals surface area contributed by atoms with E-state index in [9.17, 15) is 13.2 Å². The van der Waals surface area contributed by atoms with Crippen molar-refractivity contribution in [2.75, 3.05) is 11.3 Å². The highest BCUT2D eigenvalue weighted by atomic mass is 32.2. The normalized spacial score (nSPS) is 11.3. The van der Waals surface area contributed by atoms with Gasteiger partial charge in [0, 0.05) is 11.4 Å². The fourth-order valence-corrected chi connectivity index (χ4v) is 3.31. The molecular formula is C15H19N3O4S. The fraction of sp³-hybridized carbons (Fsp3) is 0.333. The summed E-state index contributed by atoms with van der Waals surface area (Å²) >= 11 is 0. The molecule has 0 unspecified atom stereocenters. The first-order valence-corrected chi connectivity index (χ1v) is 8.71. The summed E-state index contributed by atoms with van der Waals surface area (Å²) in [4.78, 5) is 12.0. The number of hydrogen-bond donors (Lipinski definition) is 2. The smallest absolute Gasteiger partial charge is 0.343 e. The molecule has 2 rings (SSSR count). The molecule has 1 aromatic carbocycles. The molecule has 23 heavy (non-hydrogen) atoms. The average Bonchev–Trinajstić information content (AvgIpc) is 2.90. The summed E-state index contributed by atoms with van der Waals surface area (Å²) in [7, 11) is -4.00. The van der Waals surface area contributed by atoms with Crippen molar-refractivity contribution in [2.24, 2.45) is 0 Å². The molecule has 1 aromatic heterocycles. The summed E-state index contributed by atoms with van der Waals surface area (Å²) in [6.45, 7) is 5.34. The topological polar surface area (TPSA) is 101 Å². The summed E-state index contributed by atoms with van der Waals surface area (Å²) in [5.74, 6) is -0.721. The minimum absolute atomic E-state index is 0.0778. The van der Waals surface area contributed by atoms with E-state index in [0.29, 0.717) is 11.4 Å². The Morgan fingerprint density at radius 1 is 1.35 bits per heavy atom. The van der Waals surface area contributed by atoms with Gasteiger partial charge in [0.05, 0.1) is 6.61 Å². The molecule has 0 bridgehead atoms. The first-order chi connectivity index (χ1) is 10.9. The molecule has 1 heterocycles. The first kappa shape index (κ1) is 17.0. The Kier molecular flexibility index (Phi) is 5.05. The van der Waals surface area contributed by atoms with E-state index in [1.54, 1.807) is 32.0 Å². The van der Waals surface area contributed by atoms with E-state index in [0.717, 1.165) is 12.0 Å². The minimum Gasteiger partial charge on any atom is -0.462 e. The van der Waals surface area contributed by atoms with Crippen LogP contribution < -0.4 is 4.72 Å². The Morgan fingerprint density at radius 3 is 2.74 bits per heavy atom. The average molecular weight is 337 g/mol. The first-order valence-electron chi connectivity index (χ1n) is 7.22. The Morgan fingerprint density at radius 2 is 2.09 bits per heavy atom. The van der Waals surface area contributed by atoms with Gasteiger partial charge in [0.15, 0.2) is 0 Å². The number of aromatic nitrogens is 2. The molecule has 0 amide bonds. The maximum atomic E-state index is 12.5. The number of ether oxygens (including phenoxy) is 1. The number of anilines is 1. The van der Waals surface area contributed by atoms with Crippen LogP contribution in [-0.2, 0) is 21.2 Å². The monoisotopic (exact) mass is 337 g/mol. The number of nitrogens with zero attached hydrogens (tertiary/aromatic N) is 1. The largest absolute Gasteiger partial charge is 0.462 e. The Labute approximate surface area is 135 Å². The highest BCUT2D eigenvalue weighted by molar-refractivity contribution is 7.92. The number of H-pyrrole nitrogens is 1. The van der Waals surface area contributed by atoms with Gasteiger partial charge < -0.3 is 4.74 Å². The zero-order chi connectivity index (χ0) is 17.0. The number of rotatable bonds is 6. The van der Waals surface area contributed by atoms with E-state index in [-0.39, 0.29) is 17.2 Å². The van der Waals surface area contributed by atoms with Crippen LogP contribution in [0.4, 0.5) is 5.69 Å². The molecule has 0 aliphatic rings. The quantitative estimate of drug-likeness (QED) is 0.787. The van der Waals surface area contributed by atoms with Crippen LogP contribution in [0.15, 0.2) is 29.3 Å². The van der Waals surface area contributed by atoms with E-state index in [2.05, 4.69) is 14.9 Å². The van der Waals surface area contributed by atoms with Crippen molar-refractivity contribution in [3.63, 3.8) is 0 Å². The van der Waals surface area contributed by atoms with Gasteiger partial charge in [-0.3, -0.25) is 9.82 Å². The molecule has 7 nitrogen and oxygen atoms in total. The van der Waals surface area contributed by atoms with Crippen LogP contribution >= 0.6 is 0 Å². The number of aromatic amines is 1. The standard InChI is InChI=1S/C15H19N3O4S/c1-4-11-7-6-8-12(9-11)18-23(20,21)14-13(10(3)16-17-14)15(19)22-5-2/h6-9,18H,4-5H2,1-3H3,(H,16,17). The van der Waals surface area contributed by atoms with Crippen molar-refractivity contribution < 1.29 is 17.9 Å². The summed E-state index contributed by atoms with van der Waals surface area (Å²) < 4.78 is 32.4. The van der Waals surface area contributed by atoms with Crippen LogP contribution in [0.25, 0.3) is 0 Å². The van der Waals surface area contributed by atoms with E-state index in [4.69, 9.17) is 4.74 Å². The third-order valence-corrected chi connectivity index (χ3v) is 4.54. The highest BCUT2D eigenvalue weighted by Gasteiger charge is 2.29. The summed E-state index contributed by atoms with van der Waals surface area (Å²) in [6.07, 6.45) is 0.783. The number of nitrogens with one attached hydrogen (secondary N) is 2. The van der Waals surface area contributed by atoms with Gasteiger partial charge in [-0.15, -0.1) is 0 Å². The van der Waals surface area contributed by atoms with Gasteiger partial charge in [0.2, 0.25) is 5.03 Å². The molecule has 124 valence electrons. The Bertz CT molecular complexity index is 812. The third kappa shape index (κ3) is 3.70. The third-order valence-electron chi connectivity index (χ3n) is 3.24. The number of benzene rings is 1. The van der Waals surface area contributed by atoms with Crippen molar-refractivity contribution in [3.8, 4) is 0 Å². The number of hydrogen-bond acceptors (Lipinski definition) is 5. The van der Waals surface area contributed by atoms with Crippen molar-refractivity contribution in [1.29, 1.82) is 0 Å². The second kappa shape index (κ2) is 6.82. The van der Waals surface area contributed by atoms with E-state index < -0.39 is 16.0 Å². The molecule has 0 spiro atoms. The molecule has 2 aromatic rings. The van der Waals surface area contributed by atoms with Gasteiger partial charge in [-0.1, -0.05) is 19.1 Å². The Balaban J connectivity index is 2.38. The zero-order valence-electron chi connectivity index (χ0n) is 13.2. The van der Waals surface area contributed by atoms with Gasteiger partial charge in [0.1, 0.15) is 5.56 Å². The van der Waals surface area contributed by atoms with Crippen LogP contribution in [0.1, 0.15) is 35.5 Å². The van der Waals surface area contributed by atoms with Crippen molar-refractivity contribution in [3.05, 3.63) is 41.1 Å². The molecule has 0 saturated carbocycles. The predicted molar refractivity (Wildman–Crippen MR) is 85.9 cm³/mol. The fourth-order valence-electron chi connectivity index (χ4n) is 2.10. The SMILES string of the molecule is CCOC(=O)c1c(S(=O)(=O)Nc2cccc(CC)c2)n[nH]c1C. The molecule has 0 saturated heterocycles. The lowest BCUT2D eigenvalue weighted by molar-refractivity contribution is 0.0521. The van der Waals surface area contributed by atoms with Gasteiger partial charge >= 0.3 is 5.97 Å². The maximum absolute atomic E-state index is 12.5. The summed E-state index contributed by atoms with van der Waals surface area (Å²) in [6, 6.07) is 7.04. The lowest BCUT2D eigenvalue weighted by Gasteiger charge is -2.09. The molecule has 0 fully saturated rings. The summed E-state index contributed by atoms with van der Waals surface area (Å²) in [5.41, 5.74) is 1.67. The van der Waals surface area contributed by atoms with Crippen molar-refractivity contribution >= 4 is 21.7 Å². The molecule has 0 atom stereocenters. The number of aryl methyl sites for hydroxylation is 2. The lowest BCUT2D eigenvalue weighted by Crippen LogP contribution is -2.18. The van der Waals surface area contributed by atoms with Crippen molar-refractivity contribution in [1.82, 2.24) is 10.2 Å². The Hall–Kier alpha value is -2.35. The zero-order valence-corrected chi connectivity index (χ0v) is 14.0. The van der Waals surface area contributed by atoms with Crippen LogP contribution in [-0.4, -0.2) is 31.2 Å². The maximum Gasteiger partial charge on any atom is 0.343 e. The summed E-state index contributed by atoms with van der Waals surface area (Å²) in [5, 5.41) is 5.91. The molecule has 0 aliphatic carbocycles. The lowest BCUT2D eigenvalue weighted by atomic mass is 10.1. The van der Waals surface area contributed by atoms with Crippen LogP contribution in [0.2, 0.25) is 0 Å². The minimum atomic E-state index is -4.00. The van der Waals surface area contributed by atoms with Gasteiger partial charge in [-0.2, -0.15) is 13.5 Å². The van der Waals surface area contributed by atoms with E-state index in [1.807, 2.05) is 13.0 Å². The van der Waals surface area contributed by atoms with E-state index in [1.165, 1.54) is 0 Å². The molecular weight excluding hydrogens is 318 g/mol. The van der Waals surface area contributed by atoms with E-state index >= 15 is 0 Å². The van der Waals surface area contributed by atoms with Crippen LogP contribution in [0.3, 0.4) is 0 Å². The number of carbonyl (C=O) groups is 1. The van der Waals surface area contributed by atoms with Gasteiger partial charge in [-0.05, 0) is 38.0 Å². The molecule has 2 N–H and O–H groups in total. The van der Waals surface area contributed by atoms with Crippen LogP contribution in [0, 0.1) is 6.92 Å². The second-order valence-electron chi connectivity index (χ2n) is 4.91. The number of sulfonamides is 1. The number of esters is 1. The molecule has 8 heteroatoms. The van der Waals surface area contributed by atoms with Gasteiger partial charge in [0.25, 0.3) is 10.0 Å². The molecule has 0 aliphatic heterocycles. The second-order valence-corrected chi connectivity index (χ2v) is 6.51. The van der Waals surface area contributed by atoms with Crippen molar-refractivity contribution in [2.45, 2.75) is 32.2 Å². The van der Waals surface area contributed by atoms with Gasteiger partial charge in [-0.25, -0.2) is 4.79 Å². The predicted octanol–water partition coefficient (Wildman–Crippen LogP) is 2.26.